The van der Waals surface area contributed by atoms with Gasteiger partial charge >= 0.3 is 0 Å². The van der Waals surface area contributed by atoms with E-state index in [0.717, 1.165) is 15.5 Å². The molecule has 0 amide bonds. The van der Waals surface area contributed by atoms with E-state index in [4.69, 9.17) is 4.42 Å². The van der Waals surface area contributed by atoms with Gasteiger partial charge in [0.05, 0.1) is 15.5 Å². The van der Waals surface area contributed by atoms with E-state index in [9.17, 15) is 4.79 Å². The van der Waals surface area contributed by atoms with Crippen molar-refractivity contribution in [3.8, 4) is 0 Å². The Bertz CT molecular complexity index is 1070. The Labute approximate surface area is 139 Å². The Kier molecular flexibility index (Phi) is 3.02. The predicted molar refractivity (Wildman–Crippen MR) is 89.7 cm³/mol. The van der Waals surface area contributed by atoms with Crippen molar-refractivity contribution in [1.82, 2.24) is 9.38 Å². The number of para-hydroxylation sites is 2. The van der Waals surface area contributed by atoms with E-state index < -0.39 is 0 Å². The number of hydrogen-bond acceptors (Lipinski definition) is 4. The molecule has 0 aliphatic rings. The largest absolute Gasteiger partial charge is 0.449 e. The summed E-state index contributed by atoms with van der Waals surface area (Å²) < 4.78 is 9.14. The minimum absolute atomic E-state index is 0.0765. The molecule has 0 N–H and O–H groups in total. The molecule has 21 heavy (non-hydrogen) atoms. The number of nitrogens with zero attached hydrogens (tertiary/aromatic N) is 2. The molecule has 0 spiro atoms. The van der Waals surface area contributed by atoms with Gasteiger partial charge in [-0.25, -0.2) is 9.38 Å². The maximum atomic E-state index is 12.5. The molecule has 7 heteroatoms. The minimum Gasteiger partial charge on any atom is -0.449 e. The molecule has 0 saturated carbocycles. The van der Waals surface area contributed by atoms with Gasteiger partial charge in [-0.1, -0.05) is 23.5 Å². The summed E-state index contributed by atoms with van der Waals surface area (Å²) in [7, 11) is 0. The molecule has 0 saturated heterocycles. The van der Waals surface area contributed by atoms with Crippen molar-refractivity contribution in [3.63, 3.8) is 0 Å². The molecule has 1 aromatic carbocycles. The number of hydrogen-bond donors (Lipinski definition) is 0. The second kappa shape index (κ2) is 4.79. The Balaban J connectivity index is 2.02. The first-order valence-electron chi connectivity index (χ1n) is 6.00. The van der Waals surface area contributed by atoms with Crippen LogP contribution in [0.2, 0.25) is 0 Å². The van der Waals surface area contributed by atoms with Gasteiger partial charge in [0.2, 0.25) is 0 Å². The molecule has 3 heterocycles. The van der Waals surface area contributed by atoms with Crippen LogP contribution in [0.4, 0.5) is 0 Å². The predicted octanol–water partition coefficient (Wildman–Crippen LogP) is 3.57. The molecular formula is C14H6Br2N2O2S. The molecule has 0 atom stereocenters. The molecule has 0 radical (unpaired) electrons. The molecule has 0 aliphatic carbocycles. The maximum absolute atomic E-state index is 12.5. The van der Waals surface area contributed by atoms with Crippen LogP contribution in [0.5, 0.6) is 0 Å². The molecule has 4 nitrogen and oxygen atoms in total. The van der Waals surface area contributed by atoms with E-state index in [1.807, 2.05) is 30.3 Å². The highest BCUT2D eigenvalue weighted by molar-refractivity contribution is 9.13. The van der Waals surface area contributed by atoms with Crippen molar-refractivity contribution in [1.29, 1.82) is 0 Å². The first-order chi connectivity index (χ1) is 10.1. The zero-order valence-electron chi connectivity index (χ0n) is 10.3. The molecular weight excluding hydrogens is 420 g/mol. The lowest BCUT2D eigenvalue weighted by Gasteiger charge is -1.86. The average molecular weight is 426 g/mol. The Morgan fingerprint density at radius 2 is 2.10 bits per heavy atom. The topological polar surface area (TPSA) is 47.5 Å². The SMILES string of the molecule is O=c1/c(=C/c2cc(Br)c(Br)o2)sc2nc3ccccc3n12. The summed E-state index contributed by atoms with van der Waals surface area (Å²) in [5, 5.41) is 0. The summed E-state index contributed by atoms with van der Waals surface area (Å²) in [4.78, 5) is 17.7. The molecule has 4 rings (SSSR count). The van der Waals surface area contributed by atoms with E-state index in [0.29, 0.717) is 19.9 Å². The average Bonchev–Trinajstić information content (AvgIpc) is 3.06. The number of benzene rings is 1. The summed E-state index contributed by atoms with van der Waals surface area (Å²) in [5.74, 6) is 0.611. The maximum Gasteiger partial charge on any atom is 0.275 e. The van der Waals surface area contributed by atoms with Crippen LogP contribution in [0, 0.1) is 0 Å². The number of fused-ring (bicyclic) bond motifs is 3. The van der Waals surface area contributed by atoms with Crippen LogP contribution in [-0.4, -0.2) is 9.38 Å². The Morgan fingerprint density at radius 1 is 1.29 bits per heavy atom. The van der Waals surface area contributed by atoms with E-state index in [-0.39, 0.29) is 5.56 Å². The van der Waals surface area contributed by atoms with Gasteiger partial charge < -0.3 is 4.42 Å². The quantitative estimate of drug-likeness (QED) is 0.468. The molecule has 0 unspecified atom stereocenters. The first kappa shape index (κ1) is 13.2. The summed E-state index contributed by atoms with van der Waals surface area (Å²) in [5.41, 5.74) is 1.58. The first-order valence-corrected chi connectivity index (χ1v) is 8.40. The fourth-order valence-electron chi connectivity index (χ4n) is 2.18. The van der Waals surface area contributed by atoms with Crippen molar-refractivity contribution in [3.05, 3.63) is 60.1 Å². The monoisotopic (exact) mass is 424 g/mol. The van der Waals surface area contributed by atoms with E-state index in [2.05, 4.69) is 36.8 Å². The number of halogens is 2. The van der Waals surface area contributed by atoms with Crippen molar-refractivity contribution in [2.75, 3.05) is 0 Å². The van der Waals surface area contributed by atoms with Crippen molar-refractivity contribution in [2.24, 2.45) is 0 Å². The Morgan fingerprint density at radius 3 is 2.86 bits per heavy atom. The van der Waals surface area contributed by atoms with Crippen molar-refractivity contribution >= 4 is 65.3 Å². The number of furan rings is 1. The van der Waals surface area contributed by atoms with Gasteiger partial charge in [0.1, 0.15) is 10.3 Å². The van der Waals surface area contributed by atoms with Gasteiger partial charge in [-0.05, 0) is 50.1 Å². The molecule has 4 aromatic rings. The van der Waals surface area contributed by atoms with E-state index in [1.165, 1.54) is 11.3 Å². The minimum atomic E-state index is -0.0765. The third kappa shape index (κ3) is 2.07. The third-order valence-corrected chi connectivity index (χ3v) is 5.76. The standard InChI is InChI=1S/C14H6Br2N2O2S/c15-8-5-7(20-12(8)16)6-11-13(19)18-10-4-2-1-3-9(10)17-14(18)21-11/h1-6H/b11-6-. The second-order valence-corrected chi connectivity index (χ2v) is 6.99. The van der Waals surface area contributed by atoms with Gasteiger partial charge in [0.25, 0.3) is 5.56 Å². The number of thiazole rings is 1. The van der Waals surface area contributed by atoms with Crippen LogP contribution in [0.3, 0.4) is 0 Å². The van der Waals surface area contributed by atoms with Crippen molar-refractivity contribution in [2.45, 2.75) is 0 Å². The summed E-state index contributed by atoms with van der Waals surface area (Å²) in [6.45, 7) is 0. The highest BCUT2D eigenvalue weighted by Gasteiger charge is 2.11. The number of imidazole rings is 1. The lowest BCUT2D eigenvalue weighted by Crippen LogP contribution is -2.22. The number of rotatable bonds is 1. The van der Waals surface area contributed by atoms with Crippen LogP contribution in [-0.2, 0) is 0 Å². The van der Waals surface area contributed by atoms with Crippen LogP contribution in [0.15, 0.2) is 48.7 Å². The van der Waals surface area contributed by atoms with Crippen LogP contribution in [0.25, 0.3) is 22.1 Å². The van der Waals surface area contributed by atoms with Gasteiger partial charge in [0.15, 0.2) is 9.63 Å². The van der Waals surface area contributed by atoms with Gasteiger partial charge in [-0.15, -0.1) is 0 Å². The van der Waals surface area contributed by atoms with Crippen LogP contribution >= 0.6 is 43.2 Å². The highest BCUT2D eigenvalue weighted by Crippen LogP contribution is 2.27. The normalized spacial score (nSPS) is 12.8. The van der Waals surface area contributed by atoms with Gasteiger partial charge in [-0.2, -0.15) is 0 Å². The Hall–Kier alpha value is -1.44. The van der Waals surface area contributed by atoms with Gasteiger partial charge in [0, 0.05) is 6.08 Å². The van der Waals surface area contributed by atoms with Crippen LogP contribution < -0.4 is 10.1 Å². The fourth-order valence-corrected chi connectivity index (χ4v) is 3.75. The zero-order chi connectivity index (χ0) is 14.6. The van der Waals surface area contributed by atoms with Crippen LogP contribution in [0.1, 0.15) is 5.76 Å². The third-order valence-electron chi connectivity index (χ3n) is 3.08. The summed E-state index contributed by atoms with van der Waals surface area (Å²) in [6, 6.07) is 9.42. The molecule has 0 aliphatic heterocycles. The molecule has 3 aromatic heterocycles. The van der Waals surface area contributed by atoms with Gasteiger partial charge in [-0.3, -0.25) is 4.79 Å². The summed E-state index contributed by atoms with van der Waals surface area (Å²) in [6.07, 6.45) is 1.73. The second-order valence-electron chi connectivity index (χ2n) is 4.40. The van der Waals surface area contributed by atoms with E-state index >= 15 is 0 Å². The number of aromatic nitrogens is 2. The molecule has 0 fully saturated rings. The molecule has 104 valence electrons. The fraction of sp³-hybridized carbons (Fsp3) is 0. The molecule has 0 bridgehead atoms. The van der Waals surface area contributed by atoms with Crippen molar-refractivity contribution < 1.29 is 4.42 Å². The summed E-state index contributed by atoms with van der Waals surface area (Å²) >= 11 is 7.99. The lowest BCUT2D eigenvalue weighted by molar-refractivity contribution is 0.529. The van der Waals surface area contributed by atoms with E-state index in [1.54, 1.807) is 10.5 Å². The zero-order valence-corrected chi connectivity index (χ0v) is 14.3. The highest BCUT2D eigenvalue weighted by atomic mass is 79.9. The smallest absolute Gasteiger partial charge is 0.275 e. The lowest BCUT2D eigenvalue weighted by atomic mass is 10.3.